The fourth-order valence-electron chi connectivity index (χ4n) is 2.66. The van der Waals surface area contributed by atoms with Crippen LogP contribution >= 0.6 is 0 Å². The van der Waals surface area contributed by atoms with Gasteiger partial charge in [0.15, 0.2) is 0 Å². The van der Waals surface area contributed by atoms with Gasteiger partial charge in [-0.05, 0) is 49.1 Å². The minimum atomic E-state index is -3.81. The summed E-state index contributed by atoms with van der Waals surface area (Å²) in [5, 5.41) is 2.82. The lowest BCUT2D eigenvalue weighted by Gasteiger charge is -2.28. The molecule has 0 unspecified atom stereocenters. The molecular formula is C20H27N3O3S. The molecular weight excluding hydrogens is 362 g/mol. The summed E-state index contributed by atoms with van der Waals surface area (Å²) in [6, 6.07) is 13.3. The summed E-state index contributed by atoms with van der Waals surface area (Å²) in [7, 11) is -0.898. The van der Waals surface area contributed by atoms with Crippen LogP contribution in [0.3, 0.4) is 0 Å². The molecule has 0 aliphatic rings. The molecule has 27 heavy (non-hydrogen) atoms. The standard InChI is InChI=1S/C20H27N3O3S/c1-15-10-11-17(3)19(12-15)23(27(25,26)22(4)5)14-20(24)21-13-18-9-7-6-8-16(18)2/h6-12H,13-14H2,1-5H3,(H,21,24). The smallest absolute Gasteiger partial charge is 0.304 e. The van der Waals surface area contributed by atoms with Gasteiger partial charge in [0.05, 0.1) is 5.69 Å². The predicted molar refractivity (Wildman–Crippen MR) is 109 cm³/mol. The van der Waals surface area contributed by atoms with Crippen LogP contribution in [0.5, 0.6) is 0 Å². The summed E-state index contributed by atoms with van der Waals surface area (Å²) in [5.74, 6) is -0.357. The number of hydrogen-bond acceptors (Lipinski definition) is 3. The van der Waals surface area contributed by atoms with Gasteiger partial charge in [-0.1, -0.05) is 36.4 Å². The van der Waals surface area contributed by atoms with Crippen LogP contribution in [-0.2, 0) is 21.5 Å². The van der Waals surface area contributed by atoms with Crippen molar-refractivity contribution in [1.82, 2.24) is 9.62 Å². The van der Waals surface area contributed by atoms with E-state index >= 15 is 0 Å². The highest BCUT2D eigenvalue weighted by atomic mass is 32.2. The number of nitrogens with one attached hydrogen (secondary N) is 1. The van der Waals surface area contributed by atoms with Crippen LogP contribution in [-0.4, -0.2) is 39.3 Å². The topological polar surface area (TPSA) is 69.7 Å². The number of aryl methyl sites for hydroxylation is 3. The number of hydrogen-bond donors (Lipinski definition) is 1. The molecule has 0 aliphatic heterocycles. The highest BCUT2D eigenvalue weighted by Gasteiger charge is 2.28. The highest BCUT2D eigenvalue weighted by molar-refractivity contribution is 7.90. The van der Waals surface area contributed by atoms with Gasteiger partial charge in [0, 0.05) is 20.6 Å². The molecule has 0 saturated carbocycles. The SMILES string of the molecule is Cc1ccc(C)c(N(CC(=O)NCc2ccccc2C)S(=O)(=O)N(C)C)c1. The Balaban J connectivity index is 2.26. The Bertz CT molecular complexity index is 924. The maximum atomic E-state index is 12.8. The summed E-state index contributed by atoms with van der Waals surface area (Å²) in [4.78, 5) is 12.5. The first kappa shape index (κ1) is 20.9. The van der Waals surface area contributed by atoms with E-state index in [1.54, 1.807) is 6.07 Å². The molecule has 0 atom stereocenters. The first-order valence-electron chi connectivity index (χ1n) is 8.71. The van der Waals surface area contributed by atoms with Crippen molar-refractivity contribution in [3.63, 3.8) is 0 Å². The van der Waals surface area contributed by atoms with Crippen molar-refractivity contribution >= 4 is 21.8 Å². The third-order valence-electron chi connectivity index (χ3n) is 4.40. The Labute approximate surface area is 162 Å². The van der Waals surface area contributed by atoms with E-state index in [4.69, 9.17) is 0 Å². The van der Waals surface area contributed by atoms with Gasteiger partial charge in [0.25, 0.3) is 0 Å². The number of rotatable bonds is 7. The van der Waals surface area contributed by atoms with E-state index in [0.29, 0.717) is 12.2 Å². The van der Waals surface area contributed by atoms with Gasteiger partial charge in [-0.2, -0.15) is 12.7 Å². The molecule has 0 aromatic heterocycles. The molecule has 0 saturated heterocycles. The van der Waals surface area contributed by atoms with Gasteiger partial charge in [0.1, 0.15) is 6.54 Å². The lowest BCUT2D eigenvalue weighted by Crippen LogP contribution is -2.46. The number of carbonyl (C=O) groups excluding carboxylic acids is 1. The average Bonchev–Trinajstić information content (AvgIpc) is 2.61. The van der Waals surface area contributed by atoms with Crippen LogP contribution in [0.25, 0.3) is 0 Å². The Hall–Kier alpha value is -2.38. The van der Waals surface area contributed by atoms with Crippen molar-refractivity contribution in [1.29, 1.82) is 0 Å². The zero-order valence-electron chi connectivity index (χ0n) is 16.5. The second-order valence-electron chi connectivity index (χ2n) is 6.79. The highest BCUT2D eigenvalue weighted by Crippen LogP contribution is 2.25. The molecule has 2 rings (SSSR count). The first-order chi connectivity index (χ1) is 12.6. The molecule has 0 bridgehead atoms. The van der Waals surface area contributed by atoms with E-state index in [1.165, 1.54) is 14.1 Å². The van der Waals surface area contributed by atoms with Crippen LogP contribution in [0.15, 0.2) is 42.5 Å². The van der Waals surface area contributed by atoms with E-state index in [9.17, 15) is 13.2 Å². The van der Waals surface area contributed by atoms with E-state index in [1.807, 2.05) is 57.2 Å². The largest absolute Gasteiger partial charge is 0.350 e. The van der Waals surface area contributed by atoms with Crippen LogP contribution < -0.4 is 9.62 Å². The third-order valence-corrected chi connectivity index (χ3v) is 6.20. The van der Waals surface area contributed by atoms with Gasteiger partial charge in [0.2, 0.25) is 5.91 Å². The van der Waals surface area contributed by atoms with E-state index in [0.717, 1.165) is 30.9 Å². The van der Waals surface area contributed by atoms with Gasteiger partial charge >= 0.3 is 10.2 Å². The summed E-state index contributed by atoms with van der Waals surface area (Å²) < 4.78 is 27.9. The Morgan fingerprint density at radius 3 is 2.30 bits per heavy atom. The molecule has 2 aromatic rings. The minimum Gasteiger partial charge on any atom is -0.350 e. The van der Waals surface area contributed by atoms with Crippen LogP contribution in [0.4, 0.5) is 5.69 Å². The normalized spacial score (nSPS) is 11.5. The molecule has 0 heterocycles. The van der Waals surface area contributed by atoms with E-state index in [-0.39, 0.29) is 12.5 Å². The van der Waals surface area contributed by atoms with Gasteiger partial charge in [-0.25, -0.2) is 4.31 Å². The molecule has 0 aliphatic carbocycles. The predicted octanol–water partition coefficient (Wildman–Crippen LogP) is 2.54. The summed E-state index contributed by atoms with van der Waals surface area (Å²) in [6.45, 7) is 5.77. The monoisotopic (exact) mass is 389 g/mol. The van der Waals surface area contributed by atoms with Crippen molar-refractivity contribution in [3.05, 3.63) is 64.7 Å². The van der Waals surface area contributed by atoms with Crippen LogP contribution in [0.2, 0.25) is 0 Å². The summed E-state index contributed by atoms with van der Waals surface area (Å²) in [5.41, 5.74) is 4.30. The van der Waals surface area contributed by atoms with Crippen molar-refractivity contribution < 1.29 is 13.2 Å². The third kappa shape index (κ3) is 5.08. The molecule has 0 fully saturated rings. The minimum absolute atomic E-state index is 0.281. The summed E-state index contributed by atoms with van der Waals surface area (Å²) >= 11 is 0. The number of benzene rings is 2. The fourth-order valence-corrected chi connectivity index (χ4v) is 3.78. The van der Waals surface area contributed by atoms with E-state index < -0.39 is 10.2 Å². The molecule has 2 aromatic carbocycles. The lowest BCUT2D eigenvalue weighted by molar-refractivity contribution is -0.119. The molecule has 6 nitrogen and oxygen atoms in total. The second kappa shape index (κ2) is 8.54. The Morgan fingerprint density at radius 2 is 1.67 bits per heavy atom. The fraction of sp³-hybridized carbons (Fsp3) is 0.350. The van der Waals surface area contributed by atoms with Crippen molar-refractivity contribution in [3.8, 4) is 0 Å². The second-order valence-corrected chi connectivity index (χ2v) is 8.86. The number of carbonyl (C=O) groups is 1. The number of nitrogens with zero attached hydrogens (tertiary/aromatic N) is 2. The molecule has 146 valence electrons. The average molecular weight is 390 g/mol. The Kier molecular flexibility index (Phi) is 6.62. The molecule has 1 amide bonds. The maximum absolute atomic E-state index is 12.8. The van der Waals surface area contributed by atoms with Crippen molar-refractivity contribution in [2.24, 2.45) is 0 Å². The zero-order valence-corrected chi connectivity index (χ0v) is 17.3. The number of anilines is 1. The molecule has 0 radical (unpaired) electrons. The quantitative estimate of drug-likeness (QED) is 0.791. The van der Waals surface area contributed by atoms with Crippen molar-refractivity contribution in [2.75, 3.05) is 24.9 Å². The maximum Gasteiger partial charge on any atom is 0.304 e. The zero-order chi connectivity index (χ0) is 20.2. The van der Waals surface area contributed by atoms with E-state index in [2.05, 4.69) is 5.32 Å². The lowest BCUT2D eigenvalue weighted by atomic mass is 10.1. The molecule has 1 N–H and O–H groups in total. The molecule has 0 spiro atoms. The molecule has 7 heteroatoms. The van der Waals surface area contributed by atoms with Crippen LogP contribution in [0, 0.1) is 20.8 Å². The van der Waals surface area contributed by atoms with Crippen LogP contribution in [0.1, 0.15) is 22.3 Å². The van der Waals surface area contributed by atoms with Crippen molar-refractivity contribution in [2.45, 2.75) is 27.3 Å². The Morgan fingerprint density at radius 1 is 1.00 bits per heavy atom. The first-order valence-corrected chi connectivity index (χ1v) is 10.1. The van der Waals surface area contributed by atoms with Gasteiger partial charge in [-0.3, -0.25) is 4.79 Å². The number of amides is 1. The van der Waals surface area contributed by atoms with Gasteiger partial charge < -0.3 is 5.32 Å². The summed E-state index contributed by atoms with van der Waals surface area (Å²) in [6.07, 6.45) is 0. The van der Waals surface area contributed by atoms with Gasteiger partial charge in [-0.15, -0.1) is 0 Å².